The quantitative estimate of drug-likeness (QED) is 0.765. The first-order valence-corrected chi connectivity index (χ1v) is 5.78. The van der Waals surface area contributed by atoms with Gasteiger partial charge in [0.1, 0.15) is 0 Å². The average Bonchev–Trinajstić information content (AvgIpc) is 2.20. The zero-order chi connectivity index (χ0) is 12.3. The minimum absolute atomic E-state index is 0.0350. The summed E-state index contributed by atoms with van der Waals surface area (Å²) >= 11 is 0. The van der Waals surface area contributed by atoms with Gasteiger partial charge < -0.3 is 5.11 Å². The highest BCUT2D eigenvalue weighted by molar-refractivity contribution is 5.40. The van der Waals surface area contributed by atoms with Gasteiger partial charge in [-0.2, -0.15) is 0 Å². The van der Waals surface area contributed by atoms with E-state index in [1.165, 1.54) is 22.3 Å². The Labute approximate surface area is 98.7 Å². The highest BCUT2D eigenvalue weighted by Gasteiger charge is 2.22. The zero-order valence-electron chi connectivity index (χ0n) is 11.0. The van der Waals surface area contributed by atoms with Crippen molar-refractivity contribution in [3.8, 4) is 0 Å². The Balaban J connectivity index is 3.07. The zero-order valence-corrected chi connectivity index (χ0v) is 11.0. The van der Waals surface area contributed by atoms with E-state index in [9.17, 15) is 0 Å². The molecule has 90 valence electrons. The normalized spacial score (nSPS) is 11.9. The van der Waals surface area contributed by atoms with Crippen molar-refractivity contribution in [1.29, 1.82) is 0 Å². The Morgan fingerprint density at radius 1 is 1.06 bits per heavy atom. The highest BCUT2D eigenvalue weighted by Crippen LogP contribution is 2.28. The van der Waals surface area contributed by atoms with E-state index < -0.39 is 0 Å². The fourth-order valence-corrected chi connectivity index (χ4v) is 2.15. The molecule has 1 aromatic carbocycles. The molecule has 0 bridgehead atoms. The van der Waals surface area contributed by atoms with Crippen LogP contribution in [-0.2, 0) is 5.41 Å². The van der Waals surface area contributed by atoms with Crippen LogP contribution in [0.1, 0.15) is 36.1 Å². The van der Waals surface area contributed by atoms with Crippen LogP contribution < -0.4 is 5.32 Å². The fraction of sp³-hybridized carbons (Fsp3) is 0.571. The molecule has 0 saturated carbocycles. The molecule has 0 unspecified atom stereocenters. The highest BCUT2D eigenvalue weighted by atomic mass is 16.3. The van der Waals surface area contributed by atoms with Gasteiger partial charge in [-0.05, 0) is 43.0 Å². The number of aryl methyl sites for hydroxylation is 3. The van der Waals surface area contributed by atoms with E-state index >= 15 is 0 Å². The second-order valence-electron chi connectivity index (χ2n) is 5.22. The molecule has 0 aliphatic carbocycles. The number of hydrogen-bond donors (Lipinski definition) is 2. The van der Waals surface area contributed by atoms with Crippen LogP contribution in [0.15, 0.2) is 12.1 Å². The van der Waals surface area contributed by atoms with Crippen LogP contribution in [-0.4, -0.2) is 18.4 Å². The van der Waals surface area contributed by atoms with E-state index in [1.54, 1.807) is 0 Å². The van der Waals surface area contributed by atoms with Crippen molar-refractivity contribution < 1.29 is 5.11 Å². The Morgan fingerprint density at radius 2 is 1.62 bits per heavy atom. The van der Waals surface area contributed by atoms with Crippen molar-refractivity contribution in [2.24, 2.45) is 0 Å². The second-order valence-corrected chi connectivity index (χ2v) is 5.22. The van der Waals surface area contributed by atoms with Crippen LogP contribution in [0.4, 0.5) is 0 Å². The Hall–Kier alpha value is -0.860. The molecule has 1 aromatic rings. The average molecular weight is 221 g/mol. The summed E-state index contributed by atoms with van der Waals surface area (Å²) in [5.74, 6) is 0. The van der Waals surface area contributed by atoms with Gasteiger partial charge in [0, 0.05) is 12.0 Å². The number of aliphatic hydroxyl groups excluding tert-OH is 1. The van der Waals surface area contributed by atoms with Crippen molar-refractivity contribution in [2.75, 3.05) is 13.3 Å². The molecule has 0 atom stereocenters. The van der Waals surface area contributed by atoms with Crippen molar-refractivity contribution in [3.63, 3.8) is 0 Å². The fourth-order valence-electron chi connectivity index (χ4n) is 2.15. The number of hydrogen-bond acceptors (Lipinski definition) is 2. The Kier molecular flexibility index (Phi) is 4.11. The first-order chi connectivity index (χ1) is 7.38. The third-order valence-electron chi connectivity index (χ3n) is 3.25. The molecule has 0 fully saturated rings. The van der Waals surface area contributed by atoms with Crippen LogP contribution in [0.3, 0.4) is 0 Å². The lowest BCUT2D eigenvalue weighted by atomic mass is 9.80. The van der Waals surface area contributed by atoms with Crippen LogP contribution >= 0.6 is 0 Å². The van der Waals surface area contributed by atoms with Crippen molar-refractivity contribution in [3.05, 3.63) is 34.4 Å². The standard InChI is InChI=1S/C14H23NO/c1-10-6-12(3)13(7-11(10)2)14(4,5)8-15-9-16/h6-7,15-16H,8-9H2,1-5H3. The topological polar surface area (TPSA) is 32.3 Å². The largest absolute Gasteiger partial charge is 0.381 e. The summed E-state index contributed by atoms with van der Waals surface area (Å²) in [5, 5.41) is 11.8. The van der Waals surface area contributed by atoms with Gasteiger partial charge in [0.25, 0.3) is 0 Å². The molecular weight excluding hydrogens is 198 g/mol. The summed E-state index contributed by atoms with van der Waals surface area (Å²) in [6.45, 7) is 11.7. The molecular formula is C14H23NO. The minimum Gasteiger partial charge on any atom is -0.381 e. The van der Waals surface area contributed by atoms with E-state index in [1.807, 2.05) is 0 Å². The number of aliphatic hydroxyl groups is 1. The third kappa shape index (κ3) is 2.83. The molecule has 0 spiro atoms. The predicted molar refractivity (Wildman–Crippen MR) is 68.8 cm³/mol. The summed E-state index contributed by atoms with van der Waals surface area (Å²) < 4.78 is 0. The van der Waals surface area contributed by atoms with E-state index in [2.05, 4.69) is 52.1 Å². The SMILES string of the molecule is Cc1cc(C)c(C(C)(C)CNCO)cc1C. The van der Waals surface area contributed by atoms with Gasteiger partial charge >= 0.3 is 0 Å². The molecule has 2 N–H and O–H groups in total. The predicted octanol–water partition coefficient (Wildman–Crippen LogP) is 2.43. The lowest BCUT2D eigenvalue weighted by Gasteiger charge is -2.28. The first kappa shape index (κ1) is 13.2. The number of benzene rings is 1. The lowest BCUT2D eigenvalue weighted by Crippen LogP contribution is -2.34. The Morgan fingerprint density at radius 3 is 2.19 bits per heavy atom. The summed E-state index contributed by atoms with van der Waals surface area (Å²) in [4.78, 5) is 0. The van der Waals surface area contributed by atoms with E-state index in [0.29, 0.717) is 0 Å². The molecule has 0 aliphatic heterocycles. The molecule has 0 radical (unpaired) electrons. The van der Waals surface area contributed by atoms with Gasteiger partial charge in [-0.3, -0.25) is 5.32 Å². The lowest BCUT2D eigenvalue weighted by molar-refractivity contribution is 0.247. The van der Waals surface area contributed by atoms with Crippen molar-refractivity contribution in [2.45, 2.75) is 40.0 Å². The number of nitrogens with one attached hydrogen (secondary N) is 1. The van der Waals surface area contributed by atoms with E-state index in [4.69, 9.17) is 5.11 Å². The molecule has 16 heavy (non-hydrogen) atoms. The molecule has 2 heteroatoms. The van der Waals surface area contributed by atoms with Gasteiger partial charge in [-0.25, -0.2) is 0 Å². The van der Waals surface area contributed by atoms with Gasteiger partial charge in [0.15, 0.2) is 0 Å². The maximum atomic E-state index is 8.83. The van der Waals surface area contributed by atoms with E-state index in [-0.39, 0.29) is 12.1 Å². The summed E-state index contributed by atoms with van der Waals surface area (Å²) in [7, 11) is 0. The van der Waals surface area contributed by atoms with E-state index in [0.717, 1.165) is 6.54 Å². The molecule has 0 aromatic heterocycles. The van der Waals surface area contributed by atoms with Gasteiger partial charge in [-0.15, -0.1) is 0 Å². The van der Waals surface area contributed by atoms with Gasteiger partial charge in [0.05, 0.1) is 6.73 Å². The molecule has 1 rings (SSSR count). The summed E-state index contributed by atoms with van der Waals surface area (Å²) in [5.41, 5.74) is 5.40. The van der Waals surface area contributed by atoms with Crippen LogP contribution in [0.2, 0.25) is 0 Å². The van der Waals surface area contributed by atoms with Gasteiger partial charge in [-0.1, -0.05) is 26.0 Å². The van der Waals surface area contributed by atoms with Gasteiger partial charge in [0.2, 0.25) is 0 Å². The molecule has 2 nitrogen and oxygen atoms in total. The maximum absolute atomic E-state index is 8.83. The molecule has 0 amide bonds. The monoisotopic (exact) mass is 221 g/mol. The van der Waals surface area contributed by atoms with Crippen LogP contribution in [0, 0.1) is 20.8 Å². The van der Waals surface area contributed by atoms with Crippen LogP contribution in [0.5, 0.6) is 0 Å². The first-order valence-electron chi connectivity index (χ1n) is 5.78. The second kappa shape index (κ2) is 4.98. The van der Waals surface area contributed by atoms with Crippen molar-refractivity contribution >= 4 is 0 Å². The maximum Gasteiger partial charge on any atom is 0.0931 e. The third-order valence-corrected chi connectivity index (χ3v) is 3.25. The number of rotatable bonds is 4. The molecule has 0 heterocycles. The van der Waals surface area contributed by atoms with Crippen LogP contribution in [0.25, 0.3) is 0 Å². The summed E-state index contributed by atoms with van der Waals surface area (Å²) in [6.07, 6.45) is 0. The minimum atomic E-state index is 0.0350. The van der Waals surface area contributed by atoms with Crippen molar-refractivity contribution in [1.82, 2.24) is 5.32 Å². The smallest absolute Gasteiger partial charge is 0.0931 e. The Bertz CT molecular complexity index is 369. The molecule has 0 saturated heterocycles. The summed E-state index contributed by atoms with van der Waals surface area (Å²) in [6, 6.07) is 4.51. The molecule has 0 aliphatic rings.